The largest absolute Gasteiger partial charge is 0.336 e. The standard InChI is InChI=1S/C19H20N4O/c1-15-2-4-16(5-3-15)18(14-20)22-10-12-23(13-11-22)19(24)17-6-8-21-9-7-17/h2-9,18H,10-13H2,1H3. The highest BCUT2D eigenvalue weighted by Crippen LogP contribution is 2.22. The summed E-state index contributed by atoms with van der Waals surface area (Å²) in [6, 6.07) is 13.7. The van der Waals surface area contributed by atoms with Crippen molar-refractivity contribution < 1.29 is 4.79 Å². The van der Waals surface area contributed by atoms with Gasteiger partial charge >= 0.3 is 0 Å². The van der Waals surface area contributed by atoms with Crippen molar-refractivity contribution in [1.29, 1.82) is 5.26 Å². The van der Waals surface area contributed by atoms with Crippen LogP contribution in [0.3, 0.4) is 0 Å². The molecule has 5 heteroatoms. The lowest BCUT2D eigenvalue weighted by Crippen LogP contribution is -2.49. The van der Waals surface area contributed by atoms with Crippen molar-refractivity contribution in [2.24, 2.45) is 0 Å². The van der Waals surface area contributed by atoms with Gasteiger partial charge in [0.05, 0.1) is 6.07 Å². The van der Waals surface area contributed by atoms with Crippen LogP contribution in [0.5, 0.6) is 0 Å². The van der Waals surface area contributed by atoms with E-state index >= 15 is 0 Å². The van der Waals surface area contributed by atoms with Crippen LogP contribution in [0.25, 0.3) is 0 Å². The van der Waals surface area contributed by atoms with Gasteiger partial charge in [0.1, 0.15) is 6.04 Å². The molecule has 1 aliphatic rings. The highest BCUT2D eigenvalue weighted by Gasteiger charge is 2.27. The van der Waals surface area contributed by atoms with E-state index in [4.69, 9.17) is 0 Å². The Labute approximate surface area is 142 Å². The third-order valence-electron chi connectivity index (χ3n) is 4.41. The molecule has 5 nitrogen and oxygen atoms in total. The molecule has 1 saturated heterocycles. The number of piperazine rings is 1. The SMILES string of the molecule is Cc1ccc(C(C#N)N2CCN(C(=O)c3ccncc3)CC2)cc1. The number of carbonyl (C=O) groups excluding carboxylic acids is 1. The van der Waals surface area contributed by atoms with Crippen LogP contribution in [0.4, 0.5) is 0 Å². The van der Waals surface area contributed by atoms with E-state index in [9.17, 15) is 10.1 Å². The summed E-state index contributed by atoms with van der Waals surface area (Å²) in [5.41, 5.74) is 2.86. The molecule has 0 aliphatic carbocycles. The molecule has 1 fully saturated rings. The highest BCUT2D eigenvalue weighted by molar-refractivity contribution is 5.94. The number of hydrogen-bond acceptors (Lipinski definition) is 4. The van der Waals surface area contributed by atoms with Crippen molar-refractivity contribution in [3.05, 3.63) is 65.5 Å². The molecule has 0 spiro atoms. The molecule has 0 radical (unpaired) electrons. The van der Waals surface area contributed by atoms with Crippen molar-refractivity contribution in [2.45, 2.75) is 13.0 Å². The molecule has 122 valence electrons. The topological polar surface area (TPSA) is 60.2 Å². The summed E-state index contributed by atoms with van der Waals surface area (Å²) in [6.45, 7) is 4.69. The first kappa shape index (κ1) is 16.2. The number of rotatable bonds is 3. The van der Waals surface area contributed by atoms with E-state index in [2.05, 4.69) is 16.0 Å². The lowest BCUT2D eigenvalue weighted by atomic mass is 10.0. The zero-order chi connectivity index (χ0) is 16.9. The molecule has 1 atom stereocenters. The molecule has 1 aliphatic heterocycles. The zero-order valence-electron chi connectivity index (χ0n) is 13.7. The van der Waals surface area contributed by atoms with E-state index in [-0.39, 0.29) is 11.9 Å². The predicted octanol–water partition coefficient (Wildman–Crippen LogP) is 2.41. The smallest absolute Gasteiger partial charge is 0.254 e. The van der Waals surface area contributed by atoms with Gasteiger partial charge in [-0.05, 0) is 24.6 Å². The molecule has 2 aromatic rings. The number of aromatic nitrogens is 1. The summed E-state index contributed by atoms with van der Waals surface area (Å²) in [5, 5.41) is 9.57. The molecule has 24 heavy (non-hydrogen) atoms. The second kappa shape index (κ2) is 7.24. The average Bonchev–Trinajstić information content (AvgIpc) is 2.64. The maximum atomic E-state index is 12.5. The average molecular weight is 320 g/mol. The molecule has 0 bridgehead atoms. The van der Waals surface area contributed by atoms with Gasteiger partial charge in [0.25, 0.3) is 5.91 Å². The molecule has 0 N–H and O–H groups in total. The predicted molar refractivity (Wildman–Crippen MR) is 91.2 cm³/mol. The van der Waals surface area contributed by atoms with Gasteiger partial charge in [0.2, 0.25) is 0 Å². The van der Waals surface area contributed by atoms with E-state index in [0.29, 0.717) is 31.7 Å². The third-order valence-corrected chi connectivity index (χ3v) is 4.41. The summed E-state index contributed by atoms with van der Waals surface area (Å²) < 4.78 is 0. The van der Waals surface area contributed by atoms with Gasteiger partial charge < -0.3 is 4.90 Å². The molecule has 1 amide bonds. The van der Waals surface area contributed by atoms with E-state index < -0.39 is 0 Å². The first-order valence-corrected chi connectivity index (χ1v) is 8.08. The molecule has 1 unspecified atom stereocenters. The minimum absolute atomic E-state index is 0.0286. The van der Waals surface area contributed by atoms with Crippen LogP contribution in [0.2, 0.25) is 0 Å². The first-order valence-electron chi connectivity index (χ1n) is 8.08. The number of pyridine rings is 1. The molecule has 1 aromatic heterocycles. The number of aryl methyl sites for hydroxylation is 1. The molecular formula is C19H20N4O. The van der Waals surface area contributed by atoms with E-state index in [1.165, 1.54) is 5.56 Å². The maximum Gasteiger partial charge on any atom is 0.254 e. The lowest BCUT2D eigenvalue weighted by molar-refractivity contribution is 0.0606. The van der Waals surface area contributed by atoms with Gasteiger partial charge in [0, 0.05) is 44.1 Å². The Morgan fingerprint density at radius 3 is 2.29 bits per heavy atom. The monoisotopic (exact) mass is 320 g/mol. The first-order chi connectivity index (χ1) is 11.7. The Bertz CT molecular complexity index is 728. The van der Waals surface area contributed by atoms with Gasteiger partial charge in [-0.15, -0.1) is 0 Å². The van der Waals surface area contributed by atoms with E-state index in [1.807, 2.05) is 36.1 Å². The second-order valence-electron chi connectivity index (χ2n) is 6.01. The summed E-state index contributed by atoms with van der Waals surface area (Å²) in [4.78, 5) is 20.4. The van der Waals surface area contributed by atoms with Crippen molar-refractivity contribution >= 4 is 5.91 Å². The van der Waals surface area contributed by atoms with Crippen molar-refractivity contribution in [1.82, 2.24) is 14.8 Å². The Kier molecular flexibility index (Phi) is 4.88. The van der Waals surface area contributed by atoms with Crippen LogP contribution in [0, 0.1) is 18.3 Å². The number of benzene rings is 1. The highest BCUT2D eigenvalue weighted by atomic mass is 16.2. The number of amides is 1. The van der Waals surface area contributed by atoms with E-state index in [0.717, 1.165) is 5.56 Å². The Morgan fingerprint density at radius 1 is 1.08 bits per heavy atom. The summed E-state index contributed by atoms with van der Waals surface area (Å²) >= 11 is 0. The second-order valence-corrected chi connectivity index (χ2v) is 6.01. The minimum atomic E-state index is -0.260. The van der Waals surface area contributed by atoms with Gasteiger partial charge in [-0.1, -0.05) is 29.8 Å². The summed E-state index contributed by atoms with van der Waals surface area (Å²) in [7, 11) is 0. The Balaban J connectivity index is 1.65. The zero-order valence-corrected chi connectivity index (χ0v) is 13.7. The van der Waals surface area contributed by atoms with Gasteiger partial charge in [0.15, 0.2) is 0 Å². The lowest BCUT2D eigenvalue weighted by Gasteiger charge is -2.37. The van der Waals surface area contributed by atoms with Crippen LogP contribution in [0.15, 0.2) is 48.8 Å². The minimum Gasteiger partial charge on any atom is -0.336 e. The fourth-order valence-electron chi connectivity index (χ4n) is 2.98. The Hall–Kier alpha value is -2.71. The molecular weight excluding hydrogens is 300 g/mol. The maximum absolute atomic E-state index is 12.5. The number of nitriles is 1. The van der Waals surface area contributed by atoms with Crippen molar-refractivity contribution in [3.8, 4) is 6.07 Å². The van der Waals surface area contributed by atoms with Crippen molar-refractivity contribution in [3.63, 3.8) is 0 Å². The Morgan fingerprint density at radius 2 is 1.71 bits per heavy atom. The van der Waals surface area contributed by atoms with Gasteiger partial charge in [-0.25, -0.2) is 0 Å². The quantitative estimate of drug-likeness (QED) is 0.871. The van der Waals surface area contributed by atoms with Crippen LogP contribution in [-0.4, -0.2) is 46.9 Å². The van der Waals surface area contributed by atoms with Gasteiger partial charge in [-0.3, -0.25) is 14.7 Å². The van der Waals surface area contributed by atoms with Crippen LogP contribution >= 0.6 is 0 Å². The van der Waals surface area contributed by atoms with Crippen LogP contribution in [0.1, 0.15) is 27.5 Å². The molecule has 0 saturated carbocycles. The van der Waals surface area contributed by atoms with Gasteiger partial charge in [-0.2, -0.15) is 5.26 Å². The molecule has 3 rings (SSSR count). The van der Waals surface area contributed by atoms with E-state index in [1.54, 1.807) is 24.5 Å². The number of carbonyl (C=O) groups is 1. The fourth-order valence-corrected chi connectivity index (χ4v) is 2.98. The van der Waals surface area contributed by atoms with Crippen LogP contribution in [-0.2, 0) is 0 Å². The molecule has 1 aromatic carbocycles. The normalized spacial score (nSPS) is 16.4. The van der Waals surface area contributed by atoms with Crippen molar-refractivity contribution in [2.75, 3.05) is 26.2 Å². The molecule has 2 heterocycles. The number of hydrogen-bond donors (Lipinski definition) is 0. The third kappa shape index (κ3) is 3.44. The van der Waals surface area contributed by atoms with Crippen LogP contribution < -0.4 is 0 Å². The summed E-state index contributed by atoms with van der Waals surface area (Å²) in [5.74, 6) is 0.0286. The fraction of sp³-hybridized carbons (Fsp3) is 0.316. The summed E-state index contributed by atoms with van der Waals surface area (Å²) in [6.07, 6.45) is 3.26. The number of nitrogens with zero attached hydrogens (tertiary/aromatic N) is 4.